The number of carboxylic acid groups (broad SMARTS) is 1. The van der Waals surface area contributed by atoms with E-state index in [1.165, 1.54) is 16.0 Å². The van der Waals surface area contributed by atoms with Crippen LogP contribution in [0.25, 0.3) is 11.4 Å². The van der Waals surface area contributed by atoms with Gasteiger partial charge < -0.3 is 5.11 Å². The molecule has 0 spiro atoms. The van der Waals surface area contributed by atoms with Gasteiger partial charge in [0, 0.05) is 17.3 Å². The van der Waals surface area contributed by atoms with E-state index in [0.29, 0.717) is 17.9 Å². The van der Waals surface area contributed by atoms with Crippen molar-refractivity contribution in [1.29, 1.82) is 0 Å². The smallest absolute Gasteiger partial charge is 0.358 e. The first kappa shape index (κ1) is 13.4. The van der Waals surface area contributed by atoms with E-state index in [9.17, 15) is 9.90 Å². The third-order valence-corrected chi connectivity index (χ3v) is 3.75. The molecule has 0 saturated carbocycles. The van der Waals surface area contributed by atoms with Crippen LogP contribution in [-0.4, -0.2) is 36.0 Å². The molecule has 21 heavy (non-hydrogen) atoms. The highest BCUT2D eigenvalue weighted by Crippen LogP contribution is 2.21. The minimum Gasteiger partial charge on any atom is -0.476 e. The Morgan fingerprint density at radius 3 is 2.90 bits per heavy atom. The number of aromatic nitrogens is 5. The number of rotatable bonds is 4. The quantitative estimate of drug-likeness (QED) is 0.790. The van der Waals surface area contributed by atoms with Crippen LogP contribution in [0, 0.1) is 6.92 Å². The first-order valence-corrected chi connectivity index (χ1v) is 7.02. The number of carboxylic acids is 1. The van der Waals surface area contributed by atoms with Crippen molar-refractivity contribution in [3.8, 4) is 11.4 Å². The molecular weight excluding hydrogens is 290 g/mol. The van der Waals surface area contributed by atoms with Gasteiger partial charge in [0.2, 0.25) is 0 Å². The molecule has 3 heterocycles. The molecule has 0 aromatic carbocycles. The number of nitrogens with zero attached hydrogens (tertiary/aromatic N) is 5. The minimum atomic E-state index is -1.13. The Labute approximate surface area is 123 Å². The van der Waals surface area contributed by atoms with Crippen molar-refractivity contribution in [3.05, 3.63) is 46.2 Å². The van der Waals surface area contributed by atoms with Gasteiger partial charge in [-0.1, -0.05) is 11.3 Å². The maximum Gasteiger partial charge on any atom is 0.358 e. The first-order valence-electron chi connectivity index (χ1n) is 6.14. The van der Waals surface area contributed by atoms with E-state index < -0.39 is 5.97 Å². The van der Waals surface area contributed by atoms with Crippen molar-refractivity contribution in [2.24, 2.45) is 0 Å². The van der Waals surface area contributed by atoms with Crippen LogP contribution in [0.1, 0.15) is 21.2 Å². The predicted octanol–water partition coefficient (Wildman–Crippen LogP) is 1.85. The van der Waals surface area contributed by atoms with Gasteiger partial charge in [0.05, 0.1) is 12.2 Å². The van der Waals surface area contributed by atoms with Crippen molar-refractivity contribution in [3.63, 3.8) is 0 Å². The second-order valence-corrected chi connectivity index (χ2v) is 5.29. The molecule has 0 saturated heterocycles. The van der Waals surface area contributed by atoms with Gasteiger partial charge in [0.1, 0.15) is 10.7 Å². The number of pyridine rings is 1. The Bertz CT molecular complexity index is 781. The normalized spacial score (nSPS) is 10.7. The Morgan fingerprint density at radius 2 is 2.29 bits per heavy atom. The van der Waals surface area contributed by atoms with Gasteiger partial charge in [-0.05, 0) is 19.1 Å². The molecule has 1 N–H and O–H groups in total. The molecule has 0 fully saturated rings. The zero-order chi connectivity index (χ0) is 14.8. The van der Waals surface area contributed by atoms with E-state index in [2.05, 4.69) is 20.3 Å². The van der Waals surface area contributed by atoms with Gasteiger partial charge in [0.25, 0.3) is 0 Å². The number of aromatic carboxylic acids is 1. The molecule has 0 unspecified atom stereocenters. The van der Waals surface area contributed by atoms with Crippen molar-refractivity contribution >= 4 is 17.3 Å². The average molecular weight is 301 g/mol. The largest absolute Gasteiger partial charge is 0.476 e. The summed E-state index contributed by atoms with van der Waals surface area (Å²) in [7, 11) is 0. The third-order valence-electron chi connectivity index (χ3n) is 2.80. The van der Waals surface area contributed by atoms with Crippen LogP contribution >= 0.6 is 11.3 Å². The Balaban J connectivity index is 2.07. The van der Waals surface area contributed by atoms with Crippen molar-refractivity contribution in [2.45, 2.75) is 13.5 Å². The van der Waals surface area contributed by atoms with Crippen LogP contribution in [-0.2, 0) is 6.54 Å². The van der Waals surface area contributed by atoms with Gasteiger partial charge in [-0.25, -0.2) is 14.5 Å². The lowest BCUT2D eigenvalue weighted by atomic mass is 10.2. The molecule has 0 aliphatic carbocycles. The topological polar surface area (TPSA) is 93.8 Å². The maximum absolute atomic E-state index is 11.3. The molecule has 0 radical (unpaired) electrons. The Morgan fingerprint density at radius 1 is 1.43 bits per heavy atom. The second-order valence-electron chi connectivity index (χ2n) is 4.35. The lowest BCUT2D eigenvalue weighted by molar-refractivity contribution is 0.0691. The molecule has 3 aromatic rings. The van der Waals surface area contributed by atoms with E-state index in [0.717, 1.165) is 10.7 Å². The molecular formula is C13H11N5O2S. The van der Waals surface area contributed by atoms with E-state index in [-0.39, 0.29) is 5.69 Å². The van der Waals surface area contributed by atoms with Gasteiger partial charge >= 0.3 is 5.97 Å². The third kappa shape index (κ3) is 2.65. The van der Waals surface area contributed by atoms with Crippen molar-refractivity contribution in [1.82, 2.24) is 25.0 Å². The summed E-state index contributed by atoms with van der Waals surface area (Å²) in [6.07, 6.45) is 1.60. The van der Waals surface area contributed by atoms with Crippen LogP contribution in [0.15, 0.2) is 29.8 Å². The number of aryl methyl sites for hydroxylation is 1. The highest BCUT2D eigenvalue weighted by Gasteiger charge is 2.22. The second kappa shape index (κ2) is 5.41. The summed E-state index contributed by atoms with van der Waals surface area (Å²) < 4.78 is 1.52. The fourth-order valence-electron chi connectivity index (χ4n) is 1.93. The molecule has 0 aliphatic rings. The fraction of sp³-hybridized carbons (Fsp3) is 0.154. The highest BCUT2D eigenvalue weighted by molar-refractivity contribution is 7.09. The Hall–Kier alpha value is -2.61. The minimum absolute atomic E-state index is 0.109. The SMILES string of the molecule is Cc1csc(Cn2nnc(C(=O)O)c2-c2ccccn2)n1. The van der Waals surface area contributed by atoms with Crippen LogP contribution in [0.5, 0.6) is 0 Å². The Kier molecular flexibility index (Phi) is 3.44. The summed E-state index contributed by atoms with van der Waals surface area (Å²) in [5, 5.41) is 19.7. The first-order chi connectivity index (χ1) is 10.1. The lowest BCUT2D eigenvalue weighted by Gasteiger charge is -2.04. The molecule has 0 bridgehead atoms. The zero-order valence-corrected chi connectivity index (χ0v) is 11.9. The molecule has 0 amide bonds. The fourth-order valence-corrected chi connectivity index (χ4v) is 2.68. The van der Waals surface area contributed by atoms with Crippen LogP contribution in [0.3, 0.4) is 0 Å². The van der Waals surface area contributed by atoms with Gasteiger partial charge in [0.15, 0.2) is 5.69 Å². The highest BCUT2D eigenvalue weighted by atomic mass is 32.1. The van der Waals surface area contributed by atoms with Gasteiger partial charge in [-0.2, -0.15) is 0 Å². The molecule has 0 aliphatic heterocycles. The van der Waals surface area contributed by atoms with E-state index in [1.807, 2.05) is 12.3 Å². The molecule has 8 heteroatoms. The van der Waals surface area contributed by atoms with Gasteiger partial charge in [-0.3, -0.25) is 4.98 Å². The number of carbonyl (C=O) groups is 1. The molecule has 0 atom stereocenters. The summed E-state index contributed by atoms with van der Waals surface area (Å²) in [5.74, 6) is -1.13. The van der Waals surface area contributed by atoms with Crippen LogP contribution in [0.2, 0.25) is 0 Å². The summed E-state index contributed by atoms with van der Waals surface area (Å²) in [6, 6.07) is 5.29. The van der Waals surface area contributed by atoms with Crippen molar-refractivity contribution < 1.29 is 9.90 Å². The van der Waals surface area contributed by atoms with Crippen molar-refractivity contribution in [2.75, 3.05) is 0 Å². The molecule has 106 valence electrons. The van der Waals surface area contributed by atoms with E-state index >= 15 is 0 Å². The summed E-state index contributed by atoms with van der Waals surface area (Å²) in [6.45, 7) is 2.27. The molecule has 3 rings (SSSR count). The van der Waals surface area contributed by atoms with Crippen LogP contribution in [0.4, 0.5) is 0 Å². The molecule has 7 nitrogen and oxygen atoms in total. The average Bonchev–Trinajstić information content (AvgIpc) is 3.07. The standard InChI is InChI=1S/C13H11N5O2S/c1-8-7-21-10(15-8)6-18-12(9-4-2-3-5-14-9)11(13(19)20)16-17-18/h2-5,7H,6H2,1H3,(H,19,20). The van der Waals surface area contributed by atoms with E-state index in [4.69, 9.17) is 0 Å². The number of thiazole rings is 1. The predicted molar refractivity (Wildman–Crippen MR) is 76.2 cm³/mol. The number of hydrogen-bond donors (Lipinski definition) is 1. The summed E-state index contributed by atoms with van der Waals surface area (Å²) in [5.41, 5.74) is 1.72. The number of hydrogen-bond acceptors (Lipinski definition) is 6. The monoisotopic (exact) mass is 301 g/mol. The van der Waals surface area contributed by atoms with Crippen LogP contribution < -0.4 is 0 Å². The van der Waals surface area contributed by atoms with E-state index in [1.54, 1.807) is 24.4 Å². The van der Waals surface area contributed by atoms with Gasteiger partial charge in [-0.15, -0.1) is 16.4 Å². The summed E-state index contributed by atoms with van der Waals surface area (Å²) in [4.78, 5) is 19.9. The summed E-state index contributed by atoms with van der Waals surface area (Å²) >= 11 is 1.50. The maximum atomic E-state index is 11.3. The zero-order valence-electron chi connectivity index (χ0n) is 11.1. The molecule has 3 aromatic heterocycles. The lowest BCUT2D eigenvalue weighted by Crippen LogP contribution is -2.06.